The molecule has 5 nitrogen and oxygen atoms in total. The van der Waals surface area contributed by atoms with Crippen LogP contribution in [0, 0.1) is 19.7 Å². The van der Waals surface area contributed by atoms with Gasteiger partial charge in [-0.1, -0.05) is 30.3 Å². The van der Waals surface area contributed by atoms with Crippen molar-refractivity contribution in [3.8, 4) is 0 Å². The molecule has 1 N–H and O–H groups in total. The first-order chi connectivity index (χ1) is 14.4. The molecule has 2 aliphatic rings. The van der Waals surface area contributed by atoms with Gasteiger partial charge in [-0.05, 0) is 49.9 Å². The van der Waals surface area contributed by atoms with E-state index in [4.69, 9.17) is 4.74 Å². The standard InChI is InChI=1S/C24H24FNO4/c1-14-9-10-16(12-15(14)2)22(27)20-21(18-7-3-4-8-19(18)25)26(24(29)23(20)28)13-17-6-5-11-30-17/h3-4,7-10,12,17,21,27H,5-6,11,13H2,1-2H3/b22-20+. The third-order valence-electron chi connectivity index (χ3n) is 5.94. The van der Waals surface area contributed by atoms with E-state index in [-0.39, 0.29) is 29.5 Å². The van der Waals surface area contributed by atoms with E-state index >= 15 is 0 Å². The Labute approximate surface area is 174 Å². The van der Waals surface area contributed by atoms with Crippen LogP contribution in [0.15, 0.2) is 48.0 Å². The van der Waals surface area contributed by atoms with Gasteiger partial charge in [0.15, 0.2) is 0 Å². The Morgan fingerprint density at radius 1 is 1.17 bits per heavy atom. The molecule has 2 fully saturated rings. The largest absolute Gasteiger partial charge is 0.507 e. The predicted molar refractivity (Wildman–Crippen MR) is 110 cm³/mol. The molecule has 0 saturated carbocycles. The first-order valence-electron chi connectivity index (χ1n) is 10.1. The summed E-state index contributed by atoms with van der Waals surface area (Å²) in [7, 11) is 0. The van der Waals surface area contributed by atoms with Crippen molar-refractivity contribution in [3.63, 3.8) is 0 Å². The van der Waals surface area contributed by atoms with Gasteiger partial charge in [0.05, 0.1) is 17.7 Å². The van der Waals surface area contributed by atoms with Crippen LogP contribution in [-0.2, 0) is 14.3 Å². The van der Waals surface area contributed by atoms with Crippen molar-refractivity contribution >= 4 is 17.4 Å². The number of ether oxygens (including phenoxy) is 1. The van der Waals surface area contributed by atoms with Gasteiger partial charge >= 0.3 is 0 Å². The maximum atomic E-state index is 14.8. The number of benzene rings is 2. The van der Waals surface area contributed by atoms with Crippen molar-refractivity contribution < 1.29 is 23.8 Å². The zero-order chi connectivity index (χ0) is 21.4. The van der Waals surface area contributed by atoms with Crippen LogP contribution in [0.5, 0.6) is 0 Å². The molecule has 6 heteroatoms. The van der Waals surface area contributed by atoms with Crippen LogP contribution in [0.2, 0.25) is 0 Å². The van der Waals surface area contributed by atoms with Gasteiger partial charge < -0.3 is 14.7 Å². The number of aliphatic hydroxyl groups is 1. The second-order valence-electron chi connectivity index (χ2n) is 7.91. The lowest BCUT2D eigenvalue weighted by molar-refractivity contribution is -0.140. The number of aliphatic hydroxyl groups excluding tert-OH is 1. The van der Waals surface area contributed by atoms with Crippen molar-refractivity contribution in [2.45, 2.75) is 38.8 Å². The second-order valence-corrected chi connectivity index (χ2v) is 7.91. The molecule has 0 bridgehead atoms. The summed E-state index contributed by atoms with van der Waals surface area (Å²) in [6.45, 7) is 4.62. The lowest BCUT2D eigenvalue weighted by Crippen LogP contribution is -2.36. The Morgan fingerprint density at radius 3 is 2.60 bits per heavy atom. The number of hydrogen-bond acceptors (Lipinski definition) is 4. The maximum absolute atomic E-state index is 14.8. The molecule has 0 aromatic heterocycles. The number of Topliss-reactive ketones (excluding diaryl/α,β-unsaturated/α-hetero) is 1. The summed E-state index contributed by atoms with van der Waals surface area (Å²) in [6, 6.07) is 10.3. The first kappa shape index (κ1) is 20.3. The number of aryl methyl sites for hydroxylation is 2. The first-order valence-corrected chi connectivity index (χ1v) is 10.1. The van der Waals surface area contributed by atoms with Gasteiger partial charge in [-0.2, -0.15) is 0 Å². The average Bonchev–Trinajstić information content (AvgIpc) is 3.32. The third-order valence-corrected chi connectivity index (χ3v) is 5.94. The van der Waals surface area contributed by atoms with E-state index < -0.39 is 23.5 Å². The van der Waals surface area contributed by atoms with Gasteiger partial charge in [0.1, 0.15) is 11.6 Å². The summed E-state index contributed by atoms with van der Waals surface area (Å²) in [4.78, 5) is 27.2. The molecule has 2 aliphatic heterocycles. The van der Waals surface area contributed by atoms with E-state index in [0.717, 1.165) is 24.0 Å². The smallest absolute Gasteiger partial charge is 0.295 e. The fraction of sp³-hybridized carbons (Fsp3) is 0.333. The molecule has 30 heavy (non-hydrogen) atoms. The highest BCUT2D eigenvalue weighted by molar-refractivity contribution is 6.46. The van der Waals surface area contributed by atoms with Crippen LogP contribution in [0.25, 0.3) is 5.76 Å². The third kappa shape index (κ3) is 3.52. The number of likely N-dealkylation sites (tertiary alicyclic amines) is 1. The fourth-order valence-electron chi connectivity index (χ4n) is 4.14. The van der Waals surface area contributed by atoms with Crippen molar-refractivity contribution in [3.05, 3.63) is 76.1 Å². The summed E-state index contributed by atoms with van der Waals surface area (Å²) in [5.74, 6) is -2.38. The Balaban J connectivity index is 1.86. The van der Waals surface area contributed by atoms with Crippen molar-refractivity contribution in [2.75, 3.05) is 13.2 Å². The topological polar surface area (TPSA) is 66.8 Å². The normalized spacial score (nSPS) is 23.4. The zero-order valence-electron chi connectivity index (χ0n) is 17.0. The van der Waals surface area contributed by atoms with Gasteiger partial charge in [0.25, 0.3) is 11.7 Å². The molecular formula is C24H24FNO4. The minimum absolute atomic E-state index is 0.0913. The quantitative estimate of drug-likeness (QED) is 0.470. The molecule has 0 aliphatic carbocycles. The lowest BCUT2D eigenvalue weighted by Gasteiger charge is -2.27. The number of ketones is 1. The summed E-state index contributed by atoms with van der Waals surface area (Å²) >= 11 is 0. The maximum Gasteiger partial charge on any atom is 0.295 e. The Kier molecular flexibility index (Phi) is 5.43. The Bertz CT molecular complexity index is 1040. The highest BCUT2D eigenvalue weighted by Gasteiger charge is 2.47. The second kappa shape index (κ2) is 8.03. The summed E-state index contributed by atoms with van der Waals surface area (Å²) < 4.78 is 20.4. The number of carbonyl (C=O) groups excluding carboxylic acids is 2. The van der Waals surface area contributed by atoms with Crippen molar-refractivity contribution in [1.82, 2.24) is 4.90 Å². The molecule has 1 amide bonds. The Hall–Kier alpha value is -2.99. The molecule has 4 rings (SSSR count). The van der Waals surface area contributed by atoms with E-state index in [0.29, 0.717) is 12.2 Å². The zero-order valence-corrected chi connectivity index (χ0v) is 17.0. The molecule has 2 aromatic carbocycles. The summed E-state index contributed by atoms with van der Waals surface area (Å²) in [5.41, 5.74) is 2.49. The molecule has 2 saturated heterocycles. The monoisotopic (exact) mass is 409 g/mol. The van der Waals surface area contributed by atoms with Crippen LogP contribution < -0.4 is 0 Å². The minimum atomic E-state index is -1.00. The lowest BCUT2D eigenvalue weighted by atomic mass is 9.94. The molecular weight excluding hydrogens is 385 g/mol. The minimum Gasteiger partial charge on any atom is -0.507 e. The number of hydrogen-bond donors (Lipinski definition) is 1. The van der Waals surface area contributed by atoms with Crippen LogP contribution in [0.4, 0.5) is 4.39 Å². The number of rotatable bonds is 4. The van der Waals surface area contributed by atoms with Gasteiger partial charge in [-0.25, -0.2) is 4.39 Å². The van der Waals surface area contributed by atoms with E-state index in [1.807, 2.05) is 19.9 Å². The molecule has 2 aromatic rings. The molecule has 2 unspecified atom stereocenters. The fourth-order valence-corrected chi connectivity index (χ4v) is 4.14. The van der Waals surface area contributed by atoms with Gasteiger partial charge in [-0.15, -0.1) is 0 Å². The summed E-state index contributed by atoms with van der Waals surface area (Å²) in [5, 5.41) is 11.1. The molecule has 2 atom stereocenters. The van der Waals surface area contributed by atoms with Crippen molar-refractivity contribution in [2.24, 2.45) is 0 Å². The average molecular weight is 409 g/mol. The van der Waals surface area contributed by atoms with Crippen molar-refractivity contribution in [1.29, 1.82) is 0 Å². The number of carbonyl (C=O) groups is 2. The van der Waals surface area contributed by atoms with Gasteiger partial charge in [0, 0.05) is 24.3 Å². The van der Waals surface area contributed by atoms with Gasteiger partial charge in [-0.3, -0.25) is 9.59 Å². The Morgan fingerprint density at radius 2 is 1.93 bits per heavy atom. The molecule has 0 radical (unpaired) electrons. The van der Waals surface area contributed by atoms with E-state index in [1.165, 1.54) is 11.0 Å². The molecule has 156 valence electrons. The van der Waals surface area contributed by atoms with Crippen LogP contribution in [0.3, 0.4) is 0 Å². The SMILES string of the molecule is Cc1ccc(/C(O)=C2\C(=O)C(=O)N(CC3CCCO3)C2c2ccccc2F)cc1C. The van der Waals surface area contributed by atoms with Gasteiger partial charge in [0.2, 0.25) is 0 Å². The number of halogens is 1. The van der Waals surface area contributed by atoms with E-state index in [9.17, 15) is 19.1 Å². The van der Waals surface area contributed by atoms with E-state index in [2.05, 4.69) is 0 Å². The molecule has 2 heterocycles. The van der Waals surface area contributed by atoms with Crippen LogP contribution in [0.1, 0.15) is 41.1 Å². The van der Waals surface area contributed by atoms with E-state index in [1.54, 1.807) is 30.3 Å². The van der Waals surface area contributed by atoms with Crippen LogP contribution in [-0.4, -0.2) is 41.0 Å². The number of nitrogens with zero attached hydrogens (tertiary/aromatic N) is 1. The molecule has 0 spiro atoms. The summed E-state index contributed by atoms with van der Waals surface area (Å²) in [6.07, 6.45) is 1.44. The predicted octanol–water partition coefficient (Wildman–Crippen LogP) is 4.04. The highest BCUT2D eigenvalue weighted by atomic mass is 19.1. The number of amides is 1. The highest BCUT2D eigenvalue weighted by Crippen LogP contribution is 2.41. The van der Waals surface area contributed by atoms with Crippen LogP contribution >= 0.6 is 0 Å².